The van der Waals surface area contributed by atoms with Gasteiger partial charge < -0.3 is 4.74 Å². The van der Waals surface area contributed by atoms with E-state index in [0.717, 1.165) is 12.6 Å². The molecule has 0 saturated carbocycles. The van der Waals surface area contributed by atoms with Crippen LogP contribution in [0.25, 0.3) is 0 Å². The minimum atomic E-state index is -3.71. The first kappa shape index (κ1) is 18.7. The number of nitrogens with one attached hydrogen (secondary N) is 1. The molecule has 2 heterocycles. The topological polar surface area (TPSA) is 58.6 Å². The number of morpholine rings is 1. The van der Waals surface area contributed by atoms with Crippen LogP contribution < -0.4 is 4.72 Å². The van der Waals surface area contributed by atoms with Crippen LogP contribution in [0, 0.1) is 17.6 Å². The molecule has 2 aliphatic rings. The number of sulfonamides is 1. The lowest BCUT2D eigenvalue weighted by Crippen LogP contribution is -2.48. The Hall–Kier alpha value is -1.09. The second-order valence-electron chi connectivity index (χ2n) is 7.27. The molecule has 8 heteroatoms. The lowest BCUT2D eigenvalue weighted by Gasteiger charge is -2.36. The van der Waals surface area contributed by atoms with Crippen molar-refractivity contribution in [3.05, 3.63) is 35.4 Å². The molecular formula is C17H24F2N2O3S. The number of hydrogen-bond donors (Lipinski definition) is 1. The second kappa shape index (κ2) is 7.26. The SMILES string of the molecule is CC(C)[C@@H]1CN2C[C@@H](NS(=O)(=O)Cc3ccc(F)cc3F)C[C@H]2CO1. The summed E-state index contributed by atoms with van der Waals surface area (Å²) in [5.41, 5.74) is -0.0344. The molecule has 0 aromatic heterocycles. The first-order valence-electron chi connectivity index (χ1n) is 8.53. The van der Waals surface area contributed by atoms with E-state index in [1.54, 1.807) is 0 Å². The Morgan fingerprint density at radius 3 is 2.76 bits per heavy atom. The highest BCUT2D eigenvalue weighted by atomic mass is 32.2. The van der Waals surface area contributed by atoms with Crippen molar-refractivity contribution in [1.82, 2.24) is 9.62 Å². The van der Waals surface area contributed by atoms with Gasteiger partial charge in [0.15, 0.2) is 0 Å². The first-order chi connectivity index (χ1) is 11.7. The maximum absolute atomic E-state index is 13.7. The molecule has 0 radical (unpaired) electrons. The molecule has 3 atom stereocenters. The van der Waals surface area contributed by atoms with Crippen LogP contribution in [0.1, 0.15) is 25.8 Å². The van der Waals surface area contributed by atoms with Crippen LogP contribution in [-0.2, 0) is 20.5 Å². The molecule has 0 bridgehead atoms. The molecule has 25 heavy (non-hydrogen) atoms. The molecule has 5 nitrogen and oxygen atoms in total. The minimum Gasteiger partial charge on any atom is -0.375 e. The van der Waals surface area contributed by atoms with Crippen LogP contribution in [0.2, 0.25) is 0 Å². The van der Waals surface area contributed by atoms with Crippen molar-refractivity contribution in [3.8, 4) is 0 Å². The van der Waals surface area contributed by atoms with Crippen molar-refractivity contribution in [2.45, 2.75) is 44.2 Å². The third kappa shape index (κ3) is 4.55. The summed E-state index contributed by atoms with van der Waals surface area (Å²) in [7, 11) is -3.71. The normalized spacial score (nSPS) is 27.6. The van der Waals surface area contributed by atoms with Gasteiger partial charge in [0.25, 0.3) is 0 Å². The van der Waals surface area contributed by atoms with Gasteiger partial charge in [-0.2, -0.15) is 0 Å². The molecule has 3 rings (SSSR count). The van der Waals surface area contributed by atoms with E-state index in [1.165, 1.54) is 6.07 Å². The average Bonchev–Trinajstić information content (AvgIpc) is 2.90. The monoisotopic (exact) mass is 374 g/mol. The minimum absolute atomic E-state index is 0.0344. The zero-order valence-corrected chi connectivity index (χ0v) is 15.2. The summed E-state index contributed by atoms with van der Waals surface area (Å²) < 4.78 is 59.9. The molecule has 0 spiro atoms. The Kier molecular flexibility index (Phi) is 5.43. The molecule has 0 unspecified atom stereocenters. The number of hydrogen-bond acceptors (Lipinski definition) is 4. The highest BCUT2D eigenvalue weighted by Crippen LogP contribution is 2.26. The predicted octanol–water partition coefficient (Wildman–Crippen LogP) is 1.88. The van der Waals surface area contributed by atoms with Crippen LogP contribution in [0.15, 0.2) is 18.2 Å². The van der Waals surface area contributed by atoms with E-state index in [-0.39, 0.29) is 23.8 Å². The zero-order chi connectivity index (χ0) is 18.2. The highest BCUT2D eigenvalue weighted by molar-refractivity contribution is 7.88. The molecule has 1 aromatic rings. The summed E-state index contributed by atoms with van der Waals surface area (Å²) in [6.45, 7) is 6.25. The number of nitrogens with zero attached hydrogens (tertiary/aromatic N) is 1. The van der Waals surface area contributed by atoms with Crippen molar-refractivity contribution < 1.29 is 21.9 Å². The van der Waals surface area contributed by atoms with Gasteiger partial charge in [0.05, 0.1) is 18.5 Å². The second-order valence-corrected chi connectivity index (χ2v) is 9.02. The largest absolute Gasteiger partial charge is 0.375 e. The maximum atomic E-state index is 13.7. The smallest absolute Gasteiger partial charge is 0.216 e. The van der Waals surface area contributed by atoms with Gasteiger partial charge in [0, 0.05) is 36.8 Å². The molecule has 1 aromatic carbocycles. The third-order valence-electron chi connectivity index (χ3n) is 4.90. The Labute approximate surface area is 147 Å². The number of rotatable bonds is 5. The van der Waals surface area contributed by atoms with Crippen LogP contribution in [0.3, 0.4) is 0 Å². The summed E-state index contributed by atoms with van der Waals surface area (Å²) in [6.07, 6.45) is 0.843. The first-order valence-corrected chi connectivity index (χ1v) is 10.2. The summed E-state index contributed by atoms with van der Waals surface area (Å²) in [5, 5.41) is 0. The predicted molar refractivity (Wildman–Crippen MR) is 90.5 cm³/mol. The van der Waals surface area contributed by atoms with Crippen LogP contribution in [-0.4, -0.2) is 51.2 Å². The highest BCUT2D eigenvalue weighted by Gasteiger charge is 2.39. The fraction of sp³-hybridized carbons (Fsp3) is 0.647. The summed E-state index contributed by atoms with van der Waals surface area (Å²) in [4.78, 5) is 2.26. The molecule has 0 amide bonds. The fourth-order valence-corrected chi connectivity index (χ4v) is 4.93. The van der Waals surface area contributed by atoms with Gasteiger partial charge in [-0.3, -0.25) is 4.90 Å². The molecule has 1 N–H and O–H groups in total. The van der Waals surface area contributed by atoms with Gasteiger partial charge in [-0.25, -0.2) is 21.9 Å². The lowest BCUT2D eigenvalue weighted by molar-refractivity contribution is -0.0683. The standard InChI is InChI=1S/C17H24F2N2O3S/c1-11(2)17-8-21-7-14(6-15(21)9-24-17)20-25(22,23)10-12-3-4-13(18)5-16(12)19/h3-5,11,14-15,17,20H,6-10H2,1-2H3/t14-,15-,17-/m0/s1. The van der Waals surface area contributed by atoms with Crippen molar-refractivity contribution in [3.63, 3.8) is 0 Å². The maximum Gasteiger partial charge on any atom is 0.216 e. The summed E-state index contributed by atoms with van der Waals surface area (Å²) in [5.74, 6) is -1.65. The number of benzene rings is 1. The van der Waals surface area contributed by atoms with E-state index in [1.807, 2.05) is 0 Å². The van der Waals surface area contributed by atoms with Gasteiger partial charge in [-0.1, -0.05) is 19.9 Å². The van der Waals surface area contributed by atoms with E-state index < -0.39 is 27.4 Å². The molecular weight excluding hydrogens is 350 g/mol. The average molecular weight is 374 g/mol. The van der Waals surface area contributed by atoms with Gasteiger partial charge in [-0.05, 0) is 18.4 Å². The summed E-state index contributed by atoms with van der Waals surface area (Å²) >= 11 is 0. The van der Waals surface area contributed by atoms with E-state index in [9.17, 15) is 17.2 Å². The van der Waals surface area contributed by atoms with E-state index >= 15 is 0 Å². The Bertz CT molecular complexity index is 727. The lowest BCUT2D eigenvalue weighted by atomic mass is 10.0. The van der Waals surface area contributed by atoms with Crippen molar-refractivity contribution in [2.24, 2.45) is 5.92 Å². The van der Waals surface area contributed by atoms with Crippen molar-refractivity contribution >= 4 is 10.0 Å². The Morgan fingerprint density at radius 2 is 2.08 bits per heavy atom. The summed E-state index contributed by atoms with van der Waals surface area (Å²) in [6, 6.07) is 2.93. The zero-order valence-electron chi connectivity index (χ0n) is 14.4. The van der Waals surface area contributed by atoms with Gasteiger partial charge in [0.2, 0.25) is 10.0 Å². The molecule has 0 aliphatic carbocycles. The molecule has 2 aliphatic heterocycles. The quantitative estimate of drug-likeness (QED) is 0.855. The molecule has 2 saturated heterocycles. The van der Waals surface area contributed by atoms with Crippen molar-refractivity contribution in [1.29, 1.82) is 0 Å². The van der Waals surface area contributed by atoms with E-state index in [4.69, 9.17) is 4.74 Å². The van der Waals surface area contributed by atoms with Gasteiger partial charge in [0.1, 0.15) is 11.6 Å². The van der Waals surface area contributed by atoms with E-state index in [0.29, 0.717) is 31.6 Å². The molecule has 140 valence electrons. The number of halogens is 2. The Morgan fingerprint density at radius 1 is 1.32 bits per heavy atom. The third-order valence-corrected chi connectivity index (χ3v) is 6.28. The number of fused-ring (bicyclic) bond motifs is 1. The van der Waals surface area contributed by atoms with Gasteiger partial charge in [-0.15, -0.1) is 0 Å². The number of ether oxygens (including phenoxy) is 1. The molecule has 2 fully saturated rings. The Balaban J connectivity index is 1.60. The van der Waals surface area contributed by atoms with Crippen LogP contribution >= 0.6 is 0 Å². The fourth-order valence-electron chi connectivity index (χ4n) is 3.53. The van der Waals surface area contributed by atoms with Crippen molar-refractivity contribution in [2.75, 3.05) is 19.7 Å². The van der Waals surface area contributed by atoms with Gasteiger partial charge >= 0.3 is 0 Å². The van der Waals surface area contributed by atoms with E-state index in [2.05, 4.69) is 23.5 Å². The van der Waals surface area contributed by atoms with Crippen LogP contribution in [0.5, 0.6) is 0 Å². The van der Waals surface area contributed by atoms with Crippen LogP contribution in [0.4, 0.5) is 8.78 Å².